The molecule has 4 rings (SSSR count). The first-order chi connectivity index (χ1) is 16.0. The number of amides is 2. The largest absolute Gasteiger partial charge is 0.497 e. The van der Waals surface area contributed by atoms with E-state index in [0.29, 0.717) is 23.8 Å². The number of rotatable bonds is 7. The number of methoxy groups -OCH3 is 1. The van der Waals surface area contributed by atoms with Crippen LogP contribution in [0.25, 0.3) is 6.08 Å². The molecule has 6 heteroatoms. The second-order valence-corrected chi connectivity index (χ2v) is 7.56. The van der Waals surface area contributed by atoms with E-state index in [4.69, 9.17) is 4.74 Å². The predicted molar refractivity (Wildman–Crippen MR) is 128 cm³/mol. The van der Waals surface area contributed by atoms with Gasteiger partial charge in [-0.25, -0.2) is 4.99 Å². The summed E-state index contributed by atoms with van der Waals surface area (Å²) in [4.78, 5) is 31.3. The third-order valence-electron chi connectivity index (χ3n) is 5.22. The first kappa shape index (κ1) is 21.8. The Kier molecular flexibility index (Phi) is 6.51. The van der Waals surface area contributed by atoms with Gasteiger partial charge in [-0.05, 0) is 72.2 Å². The maximum absolute atomic E-state index is 13.0. The van der Waals surface area contributed by atoms with Crippen molar-refractivity contribution in [2.75, 3.05) is 12.0 Å². The number of hydrogen-bond donors (Lipinski definition) is 1. The number of anilines is 1. The van der Waals surface area contributed by atoms with Crippen molar-refractivity contribution in [3.05, 3.63) is 101 Å². The van der Waals surface area contributed by atoms with Gasteiger partial charge in [0.2, 0.25) is 5.91 Å². The molecule has 0 saturated heterocycles. The van der Waals surface area contributed by atoms with E-state index >= 15 is 0 Å². The highest BCUT2D eigenvalue weighted by Gasteiger charge is 2.28. The van der Waals surface area contributed by atoms with Gasteiger partial charge in [0.25, 0.3) is 5.91 Å². The number of benzene rings is 2. The molecule has 2 amide bonds. The van der Waals surface area contributed by atoms with Crippen molar-refractivity contribution < 1.29 is 14.3 Å². The second-order valence-electron chi connectivity index (χ2n) is 7.56. The topological polar surface area (TPSA) is 71.0 Å². The number of carbonyl (C=O) groups is 2. The third-order valence-corrected chi connectivity index (χ3v) is 5.22. The fourth-order valence-electron chi connectivity index (χ4n) is 3.49. The van der Waals surface area contributed by atoms with E-state index in [2.05, 4.69) is 22.4 Å². The fraction of sp³-hybridized carbons (Fsp3) is 0.148. The summed E-state index contributed by atoms with van der Waals surface area (Å²) in [6, 6.07) is 25.9. The highest BCUT2D eigenvalue weighted by Crippen LogP contribution is 2.26. The lowest BCUT2D eigenvalue weighted by Gasteiger charge is -2.16. The maximum atomic E-state index is 13.0. The van der Waals surface area contributed by atoms with Crippen LogP contribution in [0.2, 0.25) is 0 Å². The summed E-state index contributed by atoms with van der Waals surface area (Å²) in [5, 5.41) is 2.90. The van der Waals surface area contributed by atoms with Gasteiger partial charge in [-0.15, -0.1) is 0 Å². The average Bonchev–Trinajstić information content (AvgIpc) is 3.12. The molecule has 33 heavy (non-hydrogen) atoms. The highest BCUT2D eigenvalue weighted by atomic mass is 16.5. The van der Waals surface area contributed by atoms with Crippen molar-refractivity contribution in [2.45, 2.75) is 19.9 Å². The molecule has 3 aromatic carbocycles. The number of hydrogen-bond acceptors (Lipinski definition) is 4. The molecule has 1 aliphatic heterocycles. The van der Waals surface area contributed by atoms with Crippen LogP contribution in [0.15, 0.2) is 77.4 Å². The minimum Gasteiger partial charge on any atom is -0.497 e. The van der Waals surface area contributed by atoms with Crippen molar-refractivity contribution in [2.24, 2.45) is 4.99 Å². The van der Waals surface area contributed by atoms with E-state index in [1.54, 1.807) is 37.1 Å². The van der Waals surface area contributed by atoms with Crippen LogP contribution in [-0.4, -0.2) is 24.8 Å². The summed E-state index contributed by atoms with van der Waals surface area (Å²) >= 11 is 0. The summed E-state index contributed by atoms with van der Waals surface area (Å²) in [6.07, 6.45) is 2.01. The Labute approximate surface area is 193 Å². The Hall–Kier alpha value is -4.37. The zero-order chi connectivity index (χ0) is 23.2. The zero-order valence-electron chi connectivity index (χ0n) is 18.5. The van der Waals surface area contributed by atoms with Crippen LogP contribution in [0.5, 0.6) is 5.75 Å². The first-order valence-corrected chi connectivity index (χ1v) is 10.5. The number of nitrogens with one attached hydrogen (secondary N) is 1. The van der Waals surface area contributed by atoms with E-state index in [1.807, 2.05) is 54.6 Å². The number of ether oxygens (including phenoxy) is 1. The molecule has 0 aliphatic carbocycles. The molecule has 0 radical (unpaired) electrons. The van der Waals surface area contributed by atoms with E-state index in [1.165, 1.54) is 0 Å². The maximum Gasteiger partial charge on any atom is 0.282 e. The van der Waals surface area contributed by atoms with Gasteiger partial charge in [0.05, 0.1) is 19.2 Å². The molecular formula is C27H23N3O3. The summed E-state index contributed by atoms with van der Waals surface area (Å²) < 4.78 is 5.17. The van der Waals surface area contributed by atoms with Crippen LogP contribution < -0.4 is 15.0 Å². The number of aliphatic imine (C=N–C) groups is 1. The molecule has 3 aromatic rings. The Morgan fingerprint density at radius 3 is 2.48 bits per heavy atom. The summed E-state index contributed by atoms with van der Waals surface area (Å²) in [5.41, 5.74) is 3.78. The van der Waals surface area contributed by atoms with Gasteiger partial charge >= 0.3 is 0 Å². The standard InChI is InChI=1S/C27H23N3O3/c1-19-29-25(16-20-10-14-24(33-2)15-11-20)27(32)30(19)23-12-8-21(9-13-23)17-26(31)28-18-22-6-4-3-5-7-22/h4,6-16H,17-18H2,1-2H3,(H,28,31)/b25-16-. The molecule has 0 saturated carbocycles. The summed E-state index contributed by atoms with van der Waals surface area (Å²) in [6.45, 7) is 2.25. The van der Waals surface area contributed by atoms with Crippen molar-refractivity contribution in [1.29, 1.82) is 0 Å². The van der Waals surface area contributed by atoms with E-state index in [-0.39, 0.29) is 18.2 Å². The highest BCUT2D eigenvalue weighted by molar-refractivity contribution is 6.28. The SMILES string of the molecule is COc1ccc(/C=C2\N=C(C)N(c3ccc(CC(=O)NCc4cc#ccc4)cc3)C2=O)cc1. The van der Waals surface area contributed by atoms with Crippen LogP contribution in [-0.2, 0) is 22.6 Å². The molecule has 0 spiro atoms. The van der Waals surface area contributed by atoms with E-state index in [9.17, 15) is 9.59 Å². The molecule has 6 nitrogen and oxygen atoms in total. The van der Waals surface area contributed by atoms with Gasteiger partial charge in [0.15, 0.2) is 0 Å². The molecule has 164 valence electrons. The van der Waals surface area contributed by atoms with Gasteiger partial charge in [0.1, 0.15) is 17.3 Å². The quantitative estimate of drug-likeness (QED) is 0.569. The minimum absolute atomic E-state index is 0.0738. The lowest BCUT2D eigenvalue weighted by molar-refractivity contribution is -0.120. The van der Waals surface area contributed by atoms with Gasteiger partial charge < -0.3 is 10.1 Å². The summed E-state index contributed by atoms with van der Waals surface area (Å²) in [7, 11) is 1.61. The molecule has 0 bridgehead atoms. The lowest BCUT2D eigenvalue weighted by atomic mass is 10.1. The fourth-order valence-corrected chi connectivity index (χ4v) is 3.49. The van der Waals surface area contributed by atoms with E-state index < -0.39 is 0 Å². The Morgan fingerprint density at radius 2 is 1.82 bits per heavy atom. The van der Waals surface area contributed by atoms with Gasteiger partial charge in [-0.1, -0.05) is 36.4 Å². The molecule has 1 N–H and O–H groups in total. The normalized spacial score (nSPS) is 14.1. The van der Waals surface area contributed by atoms with Crippen LogP contribution in [0.3, 0.4) is 0 Å². The molecule has 0 unspecified atom stereocenters. The number of nitrogens with zero attached hydrogens (tertiary/aromatic N) is 2. The first-order valence-electron chi connectivity index (χ1n) is 10.5. The van der Waals surface area contributed by atoms with Crippen molar-refractivity contribution in [3.63, 3.8) is 0 Å². The molecule has 0 fully saturated rings. The Balaban J connectivity index is 1.39. The van der Waals surface area contributed by atoms with Crippen molar-refractivity contribution >= 4 is 29.4 Å². The Morgan fingerprint density at radius 1 is 1.06 bits per heavy atom. The van der Waals surface area contributed by atoms with Crippen LogP contribution in [0, 0.1) is 12.1 Å². The van der Waals surface area contributed by atoms with Gasteiger partial charge in [0, 0.05) is 6.54 Å². The monoisotopic (exact) mass is 437 g/mol. The van der Waals surface area contributed by atoms with Crippen LogP contribution in [0.1, 0.15) is 23.6 Å². The molecule has 1 heterocycles. The average molecular weight is 437 g/mol. The minimum atomic E-state index is -0.189. The molecular weight excluding hydrogens is 414 g/mol. The van der Waals surface area contributed by atoms with Crippen LogP contribution >= 0.6 is 0 Å². The molecule has 0 atom stereocenters. The second kappa shape index (κ2) is 9.84. The van der Waals surface area contributed by atoms with Crippen molar-refractivity contribution in [3.8, 4) is 5.75 Å². The number of amidine groups is 1. The summed E-state index contributed by atoms with van der Waals surface area (Å²) in [5.74, 6) is 1.09. The molecule has 1 aliphatic rings. The smallest absolute Gasteiger partial charge is 0.282 e. The van der Waals surface area contributed by atoms with Crippen LogP contribution in [0.4, 0.5) is 5.69 Å². The lowest BCUT2D eigenvalue weighted by Crippen LogP contribution is -2.30. The number of carbonyl (C=O) groups excluding carboxylic acids is 2. The van der Waals surface area contributed by atoms with Crippen molar-refractivity contribution in [1.82, 2.24) is 5.32 Å². The Bertz CT molecular complexity index is 1200. The van der Waals surface area contributed by atoms with E-state index in [0.717, 1.165) is 22.4 Å². The van der Waals surface area contributed by atoms with Gasteiger partial charge in [-0.3, -0.25) is 14.5 Å². The van der Waals surface area contributed by atoms with Gasteiger partial charge in [-0.2, -0.15) is 0 Å². The molecule has 0 aromatic heterocycles. The predicted octanol–water partition coefficient (Wildman–Crippen LogP) is 3.96. The zero-order valence-corrected chi connectivity index (χ0v) is 18.5. The third kappa shape index (κ3) is 5.28.